The van der Waals surface area contributed by atoms with Gasteiger partial charge in [-0.2, -0.15) is 10.1 Å². The Kier molecular flexibility index (Phi) is 5.95. The minimum atomic E-state index is -0.312. The summed E-state index contributed by atoms with van der Waals surface area (Å²) in [5.41, 5.74) is 2.09. The van der Waals surface area contributed by atoms with Crippen molar-refractivity contribution in [3.05, 3.63) is 80.7 Å². The molecule has 0 spiro atoms. The third-order valence-corrected chi connectivity index (χ3v) is 6.71. The van der Waals surface area contributed by atoms with Gasteiger partial charge in [0.05, 0.1) is 16.4 Å². The second-order valence-electron chi connectivity index (χ2n) is 6.88. The van der Waals surface area contributed by atoms with E-state index in [1.54, 1.807) is 24.4 Å². The van der Waals surface area contributed by atoms with E-state index in [1.807, 2.05) is 42.5 Å². The molecular weight excluding hydrogens is 558 g/mol. The van der Waals surface area contributed by atoms with Gasteiger partial charge in [-0.25, -0.2) is 4.98 Å². The minimum absolute atomic E-state index is 0.312. The molecule has 0 fully saturated rings. The first kappa shape index (κ1) is 21.1. The van der Waals surface area contributed by atoms with E-state index in [-0.39, 0.29) is 5.91 Å². The number of halogens is 2. The topological polar surface area (TPSA) is 64.0 Å². The molecule has 2 heterocycles. The summed E-state index contributed by atoms with van der Waals surface area (Å²) in [7, 11) is 0. The summed E-state index contributed by atoms with van der Waals surface area (Å²) >= 11 is 8.31. The van der Waals surface area contributed by atoms with Crippen molar-refractivity contribution in [1.29, 1.82) is 0 Å². The molecule has 0 saturated carbocycles. The number of nitrogens with zero attached hydrogens (tertiary/aromatic N) is 3. The highest BCUT2D eigenvalue weighted by Gasteiger charge is 2.23. The summed E-state index contributed by atoms with van der Waals surface area (Å²) in [6.07, 6.45) is 1.64. The Morgan fingerprint density at radius 3 is 2.53 bits per heavy atom. The fraction of sp³-hybridized carbons (Fsp3) is 0.0870. The van der Waals surface area contributed by atoms with Crippen LogP contribution in [0.3, 0.4) is 0 Å². The molecule has 3 aromatic carbocycles. The average Bonchev–Trinajstić information content (AvgIpc) is 3.22. The van der Waals surface area contributed by atoms with E-state index in [2.05, 4.69) is 41.9 Å². The molecule has 1 aliphatic rings. The molecule has 0 atom stereocenters. The van der Waals surface area contributed by atoms with Gasteiger partial charge in [-0.1, -0.05) is 55.3 Å². The Balaban J connectivity index is 1.54. The highest BCUT2D eigenvalue weighted by Crippen LogP contribution is 2.34. The first-order chi connectivity index (χ1) is 15.6. The summed E-state index contributed by atoms with van der Waals surface area (Å²) in [5.74, 6) is 0.864. The molecule has 1 amide bonds. The van der Waals surface area contributed by atoms with Crippen molar-refractivity contribution in [3.8, 4) is 11.5 Å². The SMILES string of the molecule is O=C(c1ccc2c(c1)OCCO2)N(/N=C/c1ccc(Br)cc1)c1nc2ccc(Br)cc2s1. The summed E-state index contributed by atoms with van der Waals surface area (Å²) in [5, 5.41) is 6.31. The zero-order valence-corrected chi connectivity index (χ0v) is 20.5. The second-order valence-corrected chi connectivity index (χ2v) is 9.72. The number of ether oxygens (including phenoxy) is 2. The second kappa shape index (κ2) is 9.01. The van der Waals surface area contributed by atoms with Crippen molar-refractivity contribution < 1.29 is 14.3 Å². The normalized spacial score (nSPS) is 12.9. The van der Waals surface area contributed by atoms with Crippen LogP contribution in [-0.2, 0) is 0 Å². The molecule has 0 saturated heterocycles. The van der Waals surface area contributed by atoms with Gasteiger partial charge in [-0.15, -0.1) is 0 Å². The van der Waals surface area contributed by atoms with Crippen molar-refractivity contribution in [2.24, 2.45) is 5.10 Å². The van der Waals surface area contributed by atoms with Crippen molar-refractivity contribution in [1.82, 2.24) is 4.98 Å². The minimum Gasteiger partial charge on any atom is -0.486 e. The number of aromatic nitrogens is 1. The van der Waals surface area contributed by atoms with E-state index >= 15 is 0 Å². The van der Waals surface area contributed by atoms with E-state index in [0.29, 0.717) is 35.4 Å². The Morgan fingerprint density at radius 2 is 1.72 bits per heavy atom. The van der Waals surface area contributed by atoms with Crippen LogP contribution < -0.4 is 14.5 Å². The van der Waals surface area contributed by atoms with Gasteiger partial charge in [-0.05, 0) is 54.1 Å². The summed E-state index contributed by atoms with van der Waals surface area (Å²) in [6, 6.07) is 18.6. The monoisotopic (exact) mass is 571 g/mol. The van der Waals surface area contributed by atoms with Crippen LogP contribution in [0.25, 0.3) is 10.2 Å². The fourth-order valence-corrected chi connectivity index (χ4v) is 4.88. The number of fused-ring (bicyclic) bond motifs is 2. The molecule has 0 aliphatic carbocycles. The van der Waals surface area contributed by atoms with Crippen LogP contribution in [0.15, 0.2) is 74.7 Å². The summed E-state index contributed by atoms with van der Waals surface area (Å²) < 4.78 is 14.1. The number of carbonyl (C=O) groups is 1. The van der Waals surface area contributed by atoms with E-state index in [0.717, 1.165) is 24.7 Å². The van der Waals surface area contributed by atoms with E-state index < -0.39 is 0 Å². The van der Waals surface area contributed by atoms with Crippen LogP contribution in [0, 0.1) is 0 Å². The van der Waals surface area contributed by atoms with Gasteiger partial charge in [0.1, 0.15) is 13.2 Å². The molecule has 0 radical (unpaired) electrons. The predicted octanol–water partition coefficient (Wildman–Crippen LogP) is 6.27. The summed E-state index contributed by atoms with van der Waals surface area (Å²) in [4.78, 5) is 18.2. The summed E-state index contributed by atoms with van der Waals surface area (Å²) in [6.45, 7) is 0.938. The standard InChI is InChI=1S/C23H15Br2N3O3S/c24-16-4-1-14(2-5-16)13-26-28(23-27-18-7-6-17(25)12-21(18)32-23)22(29)15-3-8-19-20(11-15)31-10-9-30-19/h1-8,11-13H,9-10H2/b26-13+. The smallest absolute Gasteiger partial charge is 0.280 e. The Morgan fingerprint density at radius 1 is 0.969 bits per heavy atom. The molecule has 5 rings (SSSR count). The molecule has 0 N–H and O–H groups in total. The quantitative estimate of drug-likeness (QED) is 0.213. The first-order valence-electron chi connectivity index (χ1n) is 9.66. The van der Waals surface area contributed by atoms with Gasteiger partial charge in [0.2, 0.25) is 5.13 Å². The number of amides is 1. The number of benzene rings is 3. The van der Waals surface area contributed by atoms with Gasteiger partial charge in [0.25, 0.3) is 5.91 Å². The van der Waals surface area contributed by atoms with Crippen LogP contribution in [0.2, 0.25) is 0 Å². The third kappa shape index (κ3) is 4.41. The van der Waals surface area contributed by atoms with Gasteiger partial charge in [-0.3, -0.25) is 4.79 Å². The molecule has 160 valence electrons. The van der Waals surface area contributed by atoms with Gasteiger partial charge < -0.3 is 9.47 Å². The molecule has 9 heteroatoms. The van der Waals surface area contributed by atoms with Crippen LogP contribution in [0.1, 0.15) is 15.9 Å². The molecular formula is C23H15Br2N3O3S. The number of hydrogen-bond acceptors (Lipinski definition) is 6. The fourth-order valence-electron chi connectivity index (χ4n) is 3.14. The molecule has 6 nitrogen and oxygen atoms in total. The van der Waals surface area contributed by atoms with Crippen molar-refractivity contribution >= 4 is 70.7 Å². The van der Waals surface area contributed by atoms with Crippen LogP contribution in [0.5, 0.6) is 11.5 Å². The largest absolute Gasteiger partial charge is 0.486 e. The number of thiazole rings is 1. The maximum atomic E-state index is 13.5. The van der Waals surface area contributed by atoms with Crippen molar-refractivity contribution in [3.63, 3.8) is 0 Å². The van der Waals surface area contributed by atoms with Crippen molar-refractivity contribution in [2.45, 2.75) is 0 Å². The number of hydrazone groups is 1. The van der Waals surface area contributed by atoms with E-state index in [1.165, 1.54) is 16.3 Å². The van der Waals surface area contributed by atoms with Crippen LogP contribution in [-0.4, -0.2) is 30.3 Å². The zero-order chi connectivity index (χ0) is 22.1. The number of rotatable bonds is 4. The van der Waals surface area contributed by atoms with Crippen LogP contribution >= 0.6 is 43.2 Å². The van der Waals surface area contributed by atoms with E-state index in [9.17, 15) is 4.79 Å². The molecule has 1 aromatic heterocycles. The van der Waals surface area contributed by atoms with Crippen molar-refractivity contribution in [2.75, 3.05) is 18.2 Å². The zero-order valence-electron chi connectivity index (χ0n) is 16.5. The van der Waals surface area contributed by atoms with Gasteiger partial charge in [0, 0.05) is 14.5 Å². The maximum Gasteiger partial charge on any atom is 0.280 e. The number of anilines is 1. The lowest BCUT2D eigenvalue weighted by Crippen LogP contribution is -2.26. The maximum absolute atomic E-state index is 13.5. The molecule has 32 heavy (non-hydrogen) atoms. The predicted molar refractivity (Wildman–Crippen MR) is 133 cm³/mol. The molecule has 4 aromatic rings. The van der Waals surface area contributed by atoms with Crippen LogP contribution in [0.4, 0.5) is 5.13 Å². The molecule has 0 unspecified atom stereocenters. The Hall–Kier alpha value is -2.75. The third-order valence-electron chi connectivity index (χ3n) is 4.69. The lowest BCUT2D eigenvalue weighted by Gasteiger charge is -2.20. The lowest BCUT2D eigenvalue weighted by molar-refractivity contribution is 0.0986. The van der Waals surface area contributed by atoms with Gasteiger partial charge >= 0.3 is 0 Å². The van der Waals surface area contributed by atoms with E-state index in [4.69, 9.17) is 9.47 Å². The number of carbonyl (C=O) groups excluding carboxylic acids is 1. The molecule has 1 aliphatic heterocycles. The molecule has 0 bridgehead atoms. The van der Waals surface area contributed by atoms with Gasteiger partial charge in [0.15, 0.2) is 11.5 Å². The lowest BCUT2D eigenvalue weighted by atomic mass is 10.2. The Labute approximate surface area is 204 Å². The highest BCUT2D eigenvalue weighted by molar-refractivity contribution is 9.10. The average molecular weight is 573 g/mol. The number of hydrogen-bond donors (Lipinski definition) is 0. The highest BCUT2D eigenvalue weighted by atomic mass is 79.9. The first-order valence-corrected chi connectivity index (χ1v) is 12.1. The Bertz CT molecular complexity index is 1340.